The number of hydrogen-bond acceptors (Lipinski definition) is 3. The Morgan fingerprint density at radius 3 is 1.94 bits per heavy atom. The van der Waals surface area contributed by atoms with Crippen molar-refractivity contribution in [3.8, 4) is 5.75 Å². The summed E-state index contributed by atoms with van der Waals surface area (Å²) in [7, 11) is 0. The Morgan fingerprint density at radius 1 is 1.12 bits per heavy atom. The van der Waals surface area contributed by atoms with Gasteiger partial charge in [-0.1, -0.05) is 12.1 Å². The lowest BCUT2D eigenvalue weighted by Crippen LogP contribution is -2.01. The van der Waals surface area contributed by atoms with E-state index in [1.165, 1.54) is 6.92 Å². The summed E-state index contributed by atoms with van der Waals surface area (Å²) >= 11 is 4.10. The third-order valence-corrected chi connectivity index (χ3v) is 1.49. The maximum absolute atomic E-state index is 10.5. The maximum atomic E-state index is 10.5. The van der Waals surface area contributed by atoms with Gasteiger partial charge in [0.25, 0.3) is 0 Å². The van der Waals surface area contributed by atoms with Crippen LogP contribution in [0.15, 0.2) is 29.2 Å². The van der Waals surface area contributed by atoms with E-state index in [0.717, 1.165) is 0 Å². The predicted octanol–water partition coefficient (Wildman–Crippen LogP) is 2.93. The van der Waals surface area contributed by atoms with Gasteiger partial charge in [-0.25, -0.2) is 0 Å². The summed E-state index contributed by atoms with van der Waals surface area (Å²) in [5.74, 6) is 0.176. The van der Waals surface area contributed by atoms with Crippen LogP contribution in [-0.2, 0) is 4.79 Å². The van der Waals surface area contributed by atoms with Gasteiger partial charge in [-0.05, 0) is 12.1 Å². The molecule has 16 heavy (non-hydrogen) atoms. The molecule has 98 valence electrons. The topological polar surface area (TPSA) is 26.3 Å². The van der Waals surface area contributed by atoms with Gasteiger partial charge in [-0.3, -0.25) is 23.6 Å². The van der Waals surface area contributed by atoms with Crippen molar-refractivity contribution in [2.24, 2.45) is 0 Å². The third-order valence-electron chi connectivity index (χ3n) is 1.12. The zero-order valence-electron chi connectivity index (χ0n) is 8.11. The molecular weight excluding hydrogens is 272 g/mol. The summed E-state index contributed by atoms with van der Waals surface area (Å²) in [6, 6.07) is 7.08. The molecule has 1 aromatic carbocycles. The van der Waals surface area contributed by atoms with Crippen molar-refractivity contribution in [3.63, 3.8) is 0 Å². The zero-order valence-corrected chi connectivity index (χ0v) is 9.83. The summed E-state index contributed by atoms with van der Waals surface area (Å²) in [5, 5.41) is 0. The highest BCUT2D eigenvalue weighted by molar-refractivity contribution is 7.80. The first-order valence-corrected chi connectivity index (χ1v) is 3.61. The second-order valence-electron chi connectivity index (χ2n) is 2.06. The molecule has 0 saturated carbocycles. The van der Waals surface area contributed by atoms with Crippen LogP contribution in [-0.4, -0.2) is 5.97 Å². The number of carbonyl (C=O) groups is 1. The molecule has 0 heterocycles. The molecule has 0 fully saturated rings. The summed E-state index contributed by atoms with van der Waals surface area (Å²) in [4.78, 5) is 11.2. The molecular formula is C8H13ClF4O2S. The minimum absolute atomic E-state index is 0. The standard InChI is InChI=1S/C8H8O2S.ClH.4FH/c1-6(9)10-7-4-2-3-5-8(7)11;;;;;/h2-5,11H,1H3;5*1H. The largest absolute Gasteiger partial charge is 0.426 e. The summed E-state index contributed by atoms with van der Waals surface area (Å²) in [6.45, 7) is 1.36. The van der Waals surface area contributed by atoms with Crippen molar-refractivity contribution in [2.75, 3.05) is 0 Å². The van der Waals surface area contributed by atoms with Gasteiger partial charge in [0.05, 0.1) is 0 Å². The van der Waals surface area contributed by atoms with Crippen LogP contribution < -0.4 is 4.74 Å². The van der Waals surface area contributed by atoms with E-state index in [1.54, 1.807) is 18.2 Å². The first kappa shape index (κ1) is 29.4. The molecule has 0 aliphatic carbocycles. The van der Waals surface area contributed by atoms with Crippen LogP contribution in [0.25, 0.3) is 0 Å². The number of hydrogen-bond donors (Lipinski definition) is 1. The van der Waals surface area contributed by atoms with Crippen LogP contribution in [0.2, 0.25) is 0 Å². The summed E-state index contributed by atoms with van der Waals surface area (Å²) in [6.07, 6.45) is 0. The third kappa shape index (κ3) is 9.60. The summed E-state index contributed by atoms with van der Waals surface area (Å²) < 4.78 is 4.83. The fraction of sp³-hybridized carbons (Fsp3) is 0.125. The molecule has 0 aliphatic rings. The number of para-hydroxylation sites is 1. The van der Waals surface area contributed by atoms with E-state index in [9.17, 15) is 4.79 Å². The average Bonchev–Trinajstić information content (AvgIpc) is 1.93. The second kappa shape index (κ2) is 14.0. The number of thiol groups is 1. The lowest BCUT2D eigenvalue weighted by molar-refractivity contribution is -0.132. The number of ether oxygens (including phenoxy) is 1. The number of benzene rings is 1. The molecule has 0 radical (unpaired) electrons. The van der Waals surface area contributed by atoms with Gasteiger partial charge in [0, 0.05) is 11.8 Å². The van der Waals surface area contributed by atoms with Crippen LogP contribution in [0, 0.1) is 0 Å². The molecule has 0 N–H and O–H groups in total. The molecule has 1 aromatic rings. The predicted molar refractivity (Wildman–Crippen MR) is 62.3 cm³/mol. The highest BCUT2D eigenvalue weighted by Crippen LogP contribution is 2.20. The van der Waals surface area contributed by atoms with Crippen molar-refractivity contribution in [1.29, 1.82) is 0 Å². The molecule has 0 spiro atoms. The zero-order chi connectivity index (χ0) is 8.27. The first-order chi connectivity index (χ1) is 5.20. The number of rotatable bonds is 1. The van der Waals surface area contributed by atoms with Crippen LogP contribution in [0.1, 0.15) is 6.92 Å². The van der Waals surface area contributed by atoms with E-state index in [2.05, 4.69) is 12.6 Å². The molecule has 0 aliphatic heterocycles. The van der Waals surface area contributed by atoms with E-state index in [4.69, 9.17) is 4.74 Å². The fourth-order valence-electron chi connectivity index (χ4n) is 0.698. The first-order valence-electron chi connectivity index (χ1n) is 3.16. The van der Waals surface area contributed by atoms with E-state index >= 15 is 0 Å². The monoisotopic (exact) mass is 284 g/mol. The minimum Gasteiger partial charge on any atom is -0.426 e. The number of halogens is 5. The molecule has 2 nitrogen and oxygen atoms in total. The smallest absolute Gasteiger partial charge is 0.308 e. The molecule has 0 saturated heterocycles. The lowest BCUT2D eigenvalue weighted by atomic mass is 10.3. The molecule has 0 bridgehead atoms. The van der Waals surface area contributed by atoms with Crippen molar-refractivity contribution < 1.29 is 28.3 Å². The Bertz CT molecular complexity index is 288. The van der Waals surface area contributed by atoms with Gasteiger partial charge in [0.2, 0.25) is 0 Å². The van der Waals surface area contributed by atoms with Gasteiger partial charge < -0.3 is 4.74 Å². The highest BCUT2D eigenvalue weighted by Gasteiger charge is 1.99. The Balaban J connectivity index is -0.0000000807. The number of esters is 1. The lowest BCUT2D eigenvalue weighted by Gasteiger charge is -2.02. The van der Waals surface area contributed by atoms with Crippen LogP contribution in [0.5, 0.6) is 5.75 Å². The average molecular weight is 285 g/mol. The molecule has 0 atom stereocenters. The molecule has 0 aromatic heterocycles. The Kier molecular flexibility index (Phi) is 25.8. The van der Waals surface area contributed by atoms with E-state index in [0.29, 0.717) is 10.6 Å². The van der Waals surface area contributed by atoms with E-state index in [1.807, 2.05) is 6.07 Å². The second-order valence-corrected chi connectivity index (χ2v) is 2.54. The Labute approximate surface area is 102 Å². The number of carbonyl (C=O) groups excluding carboxylic acids is 1. The van der Waals surface area contributed by atoms with E-state index < -0.39 is 0 Å². The van der Waals surface area contributed by atoms with Crippen molar-refractivity contribution >= 4 is 31.0 Å². The SMILES string of the molecule is CC(=O)Oc1ccccc1S.Cl.F.F.F.F. The minimum atomic E-state index is -0.327. The highest BCUT2D eigenvalue weighted by atomic mass is 35.5. The summed E-state index contributed by atoms with van der Waals surface area (Å²) in [5.41, 5.74) is 0. The van der Waals surface area contributed by atoms with Gasteiger partial charge in [0.1, 0.15) is 5.75 Å². The molecule has 0 unspecified atom stereocenters. The molecule has 8 heteroatoms. The quantitative estimate of drug-likeness (QED) is 0.371. The molecule has 0 amide bonds. The normalized spacial score (nSPS) is 6.38. The van der Waals surface area contributed by atoms with Gasteiger partial charge in [0.15, 0.2) is 0 Å². The molecule has 1 rings (SSSR count). The van der Waals surface area contributed by atoms with Gasteiger partial charge in [-0.15, -0.1) is 25.0 Å². The fourth-order valence-corrected chi connectivity index (χ4v) is 0.905. The van der Waals surface area contributed by atoms with Gasteiger partial charge in [-0.2, -0.15) is 0 Å². The van der Waals surface area contributed by atoms with Crippen LogP contribution in [0.4, 0.5) is 18.8 Å². The van der Waals surface area contributed by atoms with Crippen LogP contribution >= 0.6 is 25.0 Å². The van der Waals surface area contributed by atoms with E-state index in [-0.39, 0.29) is 37.2 Å². The Morgan fingerprint density at radius 2 is 1.56 bits per heavy atom. The van der Waals surface area contributed by atoms with Crippen molar-refractivity contribution in [2.45, 2.75) is 11.8 Å². The maximum Gasteiger partial charge on any atom is 0.308 e. The van der Waals surface area contributed by atoms with Crippen LogP contribution in [0.3, 0.4) is 0 Å². The van der Waals surface area contributed by atoms with Gasteiger partial charge >= 0.3 is 5.97 Å². The van der Waals surface area contributed by atoms with Crippen molar-refractivity contribution in [3.05, 3.63) is 24.3 Å². The Hall–Kier alpha value is -0.950. The van der Waals surface area contributed by atoms with Crippen molar-refractivity contribution in [1.82, 2.24) is 0 Å².